The molecule has 4 atom stereocenters. The Balaban J connectivity index is 2.10. The largest absolute Gasteiger partial charge is 0.377 e. The minimum absolute atomic E-state index is 0.00481. The molecule has 1 heterocycles. The molecule has 110 valence electrons. The third-order valence-electron chi connectivity index (χ3n) is 5.16. The molecule has 2 aliphatic rings. The number of rotatable bonds is 4. The number of nitrogens with one attached hydrogen (secondary N) is 1. The number of fused-ring (bicyclic) bond motifs is 1. The van der Waals surface area contributed by atoms with Crippen LogP contribution in [0.15, 0.2) is 0 Å². The third kappa shape index (κ3) is 2.09. The molecular weight excluding hydrogens is 240 g/mol. The first-order valence-electron chi connectivity index (χ1n) is 7.57. The first kappa shape index (κ1) is 14.8. The van der Waals surface area contributed by atoms with Gasteiger partial charge in [-0.05, 0) is 26.2 Å². The zero-order valence-electron chi connectivity index (χ0n) is 12.7. The predicted octanol–water partition coefficient (Wildman–Crippen LogP) is 1.82. The maximum absolute atomic E-state index is 12.6. The first-order valence-corrected chi connectivity index (χ1v) is 7.57. The van der Waals surface area contributed by atoms with Gasteiger partial charge in [0.2, 0.25) is 5.91 Å². The van der Waals surface area contributed by atoms with Gasteiger partial charge >= 0.3 is 0 Å². The van der Waals surface area contributed by atoms with Gasteiger partial charge in [-0.3, -0.25) is 4.79 Å². The lowest BCUT2D eigenvalue weighted by atomic mass is 9.46. The van der Waals surface area contributed by atoms with Crippen LogP contribution in [-0.2, 0) is 9.53 Å². The van der Waals surface area contributed by atoms with E-state index in [1.54, 1.807) is 0 Å². The van der Waals surface area contributed by atoms with Crippen molar-refractivity contribution in [3.8, 4) is 0 Å². The van der Waals surface area contributed by atoms with Crippen LogP contribution in [0.25, 0.3) is 0 Å². The van der Waals surface area contributed by atoms with Crippen LogP contribution >= 0.6 is 0 Å². The van der Waals surface area contributed by atoms with Gasteiger partial charge in [-0.15, -0.1) is 0 Å². The Kier molecular flexibility index (Phi) is 3.94. The molecule has 0 aromatic heterocycles. The van der Waals surface area contributed by atoms with E-state index in [1.165, 1.54) is 0 Å². The van der Waals surface area contributed by atoms with Crippen molar-refractivity contribution < 1.29 is 9.53 Å². The van der Waals surface area contributed by atoms with E-state index in [-0.39, 0.29) is 29.4 Å². The second-order valence-corrected chi connectivity index (χ2v) is 6.79. The lowest BCUT2D eigenvalue weighted by Gasteiger charge is -2.65. The molecule has 4 heteroatoms. The monoisotopic (exact) mass is 268 g/mol. The molecule has 0 aromatic rings. The van der Waals surface area contributed by atoms with Crippen molar-refractivity contribution in [2.45, 2.75) is 71.1 Å². The second-order valence-electron chi connectivity index (χ2n) is 6.79. The summed E-state index contributed by atoms with van der Waals surface area (Å²) in [5.41, 5.74) is 5.47. The molecule has 4 unspecified atom stereocenters. The van der Waals surface area contributed by atoms with Crippen molar-refractivity contribution in [1.29, 1.82) is 0 Å². The molecule has 2 fully saturated rings. The highest BCUT2D eigenvalue weighted by atomic mass is 16.5. The summed E-state index contributed by atoms with van der Waals surface area (Å²) in [6.07, 6.45) is 4.21. The van der Waals surface area contributed by atoms with E-state index in [0.717, 1.165) is 32.3 Å². The standard InChI is InChI=1S/C15H28N2O2/c1-5-7-10(2)17-13(18)15(16)11-8-6-9-19-12(11)14(15,3)4/h10-12H,5-9,16H2,1-4H3,(H,17,18). The molecule has 0 bridgehead atoms. The molecule has 1 aliphatic heterocycles. The number of ether oxygens (including phenoxy) is 1. The minimum atomic E-state index is -0.778. The van der Waals surface area contributed by atoms with Gasteiger partial charge < -0.3 is 15.8 Å². The number of hydrogen-bond acceptors (Lipinski definition) is 3. The average molecular weight is 268 g/mol. The Hall–Kier alpha value is -0.610. The van der Waals surface area contributed by atoms with E-state index in [9.17, 15) is 4.79 Å². The zero-order chi connectivity index (χ0) is 14.3. The third-order valence-corrected chi connectivity index (χ3v) is 5.16. The molecule has 2 rings (SSSR count). The van der Waals surface area contributed by atoms with Gasteiger partial charge in [-0.1, -0.05) is 27.2 Å². The molecule has 19 heavy (non-hydrogen) atoms. The Bertz CT molecular complexity index is 356. The molecule has 3 N–H and O–H groups in total. The normalized spacial score (nSPS) is 37.9. The molecule has 1 saturated heterocycles. The molecule has 1 aliphatic carbocycles. The molecule has 1 saturated carbocycles. The van der Waals surface area contributed by atoms with Crippen LogP contribution in [0.5, 0.6) is 0 Å². The molecule has 0 radical (unpaired) electrons. The zero-order valence-corrected chi connectivity index (χ0v) is 12.7. The number of hydrogen-bond donors (Lipinski definition) is 2. The van der Waals surface area contributed by atoms with Crippen LogP contribution in [0, 0.1) is 11.3 Å². The van der Waals surface area contributed by atoms with Crippen LogP contribution in [0.4, 0.5) is 0 Å². The lowest BCUT2D eigenvalue weighted by molar-refractivity contribution is -0.225. The first-order chi connectivity index (χ1) is 8.85. The fourth-order valence-electron chi connectivity index (χ4n) is 3.89. The van der Waals surface area contributed by atoms with E-state index >= 15 is 0 Å². The van der Waals surface area contributed by atoms with E-state index < -0.39 is 5.54 Å². The van der Waals surface area contributed by atoms with E-state index in [4.69, 9.17) is 10.5 Å². The van der Waals surface area contributed by atoms with Crippen molar-refractivity contribution in [1.82, 2.24) is 5.32 Å². The fraction of sp³-hybridized carbons (Fsp3) is 0.933. The number of nitrogens with two attached hydrogens (primary N) is 1. The highest BCUT2D eigenvalue weighted by Crippen LogP contribution is 2.57. The summed E-state index contributed by atoms with van der Waals surface area (Å²) in [6, 6.07) is 0.192. The van der Waals surface area contributed by atoms with Gasteiger partial charge in [0.1, 0.15) is 5.54 Å². The molecule has 0 aromatic carbocycles. The van der Waals surface area contributed by atoms with Crippen LogP contribution in [0.1, 0.15) is 53.4 Å². The van der Waals surface area contributed by atoms with Crippen LogP contribution < -0.4 is 11.1 Å². The van der Waals surface area contributed by atoms with E-state index in [2.05, 4.69) is 26.1 Å². The highest BCUT2D eigenvalue weighted by Gasteiger charge is 2.70. The van der Waals surface area contributed by atoms with Crippen LogP contribution in [0.3, 0.4) is 0 Å². The number of carbonyl (C=O) groups is 1. The lowest BCUT2D eigenvalue weighted by Crippen LogP contribution is -2.82. The molecular formula is C15H28N2O2. The second kappa shape index (κ2) is 5.06. The van der Waals surface area contributed by atoms with Gasteiger partial charge in [0, 0.05) is 24.0 Å². The maximum Gasteiger partial charge on any atom is 0.241 e. The summed E-state index contributed by atoms with van der Waals surface area (Å²) in [5, 5.41) is 3.09. The van der Waals surface area contributed by atoms with Gasteiger partial charge in [-0.25, -0.2) is 0 Å². The quantitative estimate of drug-likeness (QED) is 0.817. The Morgan fingerprint density at radius 2 is 2.21 bits per heavy atom. The maximum atomic E-state index is 12.6. The summed E-state index contributed by atoms with van der Waals surface area (Å²) >= 11 is 0. The molecule has 0 spiro atoms. The summed E-state index contributed by atoms with van der Waals surface area (Å²) in [5.74, 6) is 0.176. The van der Waals surface area contributed by atoms with Crippen molar-refractivity contribution in [3.63, 3.8) is 0 Å². The van der Waals surface area contributed by atoms with Gasteiger partial charge in [-0.2, -0.15) is 0 Å². The molecule has 4 nitrogen and oxygen atoms in total. The summed E-state index contributed by atoms with van der Waals surface area (Å²) in [7, 11) is 0. The van der Waals surface area contributed by atoms with Crippen molar-refractivity contribution in [2.75, 3.05) is 6.61 Å². The van der Waals surface area contributed by atoms with Crippen LogP contribution in [-0.4, -0.2) is 30.2 Å². The smallest absolute Gasteiger partial charge is 0.241 e. The SMILES string of the molecule is CCCC(C)NC(=O)C1(N)C2CCCOC2C1(C)C. The fourth-order valence-corrected chi connectivity index (χ4v) is 3.89. The Morgan fingerprint density at radius 1 is 1.53 bits per heavy atom. The summed E-state index contributed by atoms with van der Waals surface area (Å²) in [4.78, 5) is 12.6. The topological polar surface area (TPSA) is 64.4 Å². The van der Waals surface area contributed by atoms with Crippen LogP contribution in [0.2, 0.25) is 0 Å². The van der Waals surface area contributed by atoms with Crippen molar-refractivity contribution >= 4 is 5.91 Å². The minimum Gasteiger partial charge on any atom is -0.377 e. The Morgan fingerprint density at radius 3 is 2.84 bits per heavy atom. The molecule has 1 amide bonds. The predicted molar refractivity (Wildman–Crippen MR) is 75.7 cm³/mol. The van der Waals surface area contributed by atoms with E-state index in [0.29, 0.717) is 0 Å². The van der Waals surface area contributed by atoms with Gasteiger partial charge in [0.05, 0.1) is 6.10 Å². The van der Waals surface area contributed by atoms with Gasteiger partial charge in [0.15, 0.2) is 0 Å². The van der Waals surface area contributed by atoms with Gasteiger partial charge in [0.25, 0.3) is 0 Å². The number of amides is 1. The van der Waals surface area contributed by atoms with Crippen molar-refractivity contribution in [2.24, 2.45) is 17.1 Å². The Labute approximate surface area is 116 Å². The summed E-state index contributed by atoms with van der Waals surface area (Å²) in [6.45, 7) is 9.09. The average Bonchev–Trinajstić information content (AvgIpc) is 2.37. The number of carbonyl (C=O) groups excluding carboxylic acids is 1. The van der Waals surface area contributed by atoms with E-state index in [1.807, 2.05) is 6.92 Å². The summed E-state index contributed by atoms with van der Waals surface area (Å²) < 4.78 is 5.83. The highest BCUT2D eigenvalue weighted by molar-refractivity contribution is 5.89. The van der Waals surface area contributed by atoms with Crippen molar-refractivity contribution in [3.05, 3.63) is 0 Å².